The maximum Gasteiger partial charge on any atom is 0.408 e. The van der Waals surface area contributed by atoms with E-state index >= 15 is 0 Å². The van der Waals surface area contributed by atoms with E-state index in [0.717, 1.165) is 37.7 Å². The van der Waals surface area contributed by atoms with E-state index in [2.05, 4.69) is 24.5 Å². The quantitative estimate of drug-likeness (QED) is 0.103. The average Bonchev–Trinajstić information content (AvgIpc) is 3.12. The molecule has 2 aliphatic carbocycles. The molecule has 1 aromatic heterocycles. The molecule has 1 saturated heterocycles. The number of hydrogen-bond donors (Lipinski definition) is 5. The van der Waals surface area contributed by atoms with E-state index in [0.29, 0.717) is 35.3 Å². The summed E-state index contributed by atoms with van der Waals surface area (Å²) in [6, 6.07) is 7.29. The highest BCUT2D eigenvalue weighted by Gasteiger charge is 2.54. The number of aromatic hydroxyl groups is 2. The molecular formula is C43H56N2O11. The number of aliphatic hydroxyl groups excluding tert-OH is 1. The van der Waals surface area contributed by atoms with Crippen LogP contribution in [-0.4, -0.2) is 70.2 Å². The monoisotopic (exact) mass is 776 g/mol. The van der Waals surface area contributed by atoms with Crippen molar-refractivity contribution in [3.05, 3.63) is 69.1 Å². The number of hydrogen-bond acceptors (Lipinski definition) is 11. The van der Waals surface area contributed by atoms with Crippen LogP contribution in [0.25, 0.3) is 11.0 Å². The molecule has 2 amide bonds. The predicted octanol–water partition coefficient (Wildman–Crippen LogP) is 7.25. The number of benzene rings is 2. The summed E-state index contributed by atoms with van der Waals surface area (Å²) in [5, 5.41) is 38.9. The minimum absolute atomic E-state index is 0.0136. The molecular weight excluding hydrogens is 720 g/mol. The van der Waals surface area contributed by atoms with Gasteiger partial charge < -0.3 is 49.3 Å². The largest absolute Gasteiger partial charge is 0.508 e. The SMILES string of the molecule is CC[C@@H]1C[C@@H]2C[C@H](C)CC(NC(=O)O[C@H]3[C@@H](O)[C@H](Oc4ccc5c(O)c(NC(=O)c6ccc(O)c(CC=C(C)C)c6)c(=O)oc5c4C)OC(C)(C)[C@@H]3OC)(C1)C2. The zero-order valence-corrected chi connectivity index (χ0v) is 33.6. The zero-order valence-electron chi connectivity index (χ0n) is 33.6. The number of nitrogens with one attached hydrogen (secondary N) is 2. The lowest BCUT2D eigenvalue weighted by atomic mass is 9.60. The molecule has 0 spiro atoms. The first-order valence-electron chi connectivity index (χ1n) is 19.5. The minimum Gasteiger partial charge on any atom is -0.508 e. The van der Waals surface area contributed by atoms with Crippen LogP contribution >= 0.6 is 0 Å². The predicted molar refractivity (Wildman–Crippen MR) is 210 cm³/mol. The van der Waals surface area contributed by atoms with Crippen molar-refractivity contribution in [2.45, 2.75) is 129 Å². The highest BCUT2D eigenvalue weighted by Crippen LogP contribution is 2.48. The molecule has 2 heterocycles. The van der Waals surface area contributed by atoms with E-state index in [4.69, 9.17) is 23.4 Å². The first kappa shape index (κ1) is 41.1. The van der Waals surface area contributed by atoms with Crippen LogP contribution in [-0.2, 0) is 20.6 Å². The zero-order chi connectivity index (χ0) is 40.7. The number of aryl methyl sites for hydroxylation is 1. The maximum absolute atomic E-state index is 13.7. The van der Waals surface area contributed by atoms with Crippen LogP contribution in [0.5, 0.6) is 17.2 Å². The Hall–Kier alpha value is -4.59. The van der Waals surface area contributed by atoms with E-state index in [1.807, 2.05) is 19.9 Å². The van der Waals surface area contributed by atoms with Crippen molar-refractivity contribution < 1.29 is 48.3 Å². The second-order valence-corrected chi connectivity index (χ2v) is 16.9. The van der Waals surface area contributed by atoms with Crippen LogP contribution in [0.1, 0.15) is 102 Å². The molecule has 304 valence electrons. The van der Waals surface area contributed by atoms with Crippen molar-refractivity contribution in [1.29, 1.82) is 0 Å². The third kappa shape index (κ3) is 8.40. The number of carbonyl (C=O) groups is 2. The van der Waals surface area contributed by atoms with Crippen molar-refractivity contribution in [1.82, 2.24) is 5.32 Å². The van der Waals surface area contributed by atoms with E-state index in [1.54, 1.807) is 20.8 Å². The smallest absolute Gasteiger partial charge is 0.408 e. The van der Waals surface area contributed by atoms with Gasteiger partial charge in [-0.2, -0.15) is 0 Å². The van der Waals surface area contributed by atoms with Crippen LogP contribution in [0, 0.1) is 24.7 Å². The molecule has 2 bridgehead atoms. The number of allylic oxidation sites excluding steroid dienone is 2. The molecule has 1 unspecified atom stereocenters. The molecule has 8 atom stereocenters. The minimum atomic E-state index is -1.49. The molecule has 0 radical (unpaired) electrons. The van der Waals surface area contributed by atoms with Crippen LogP contribution in [0.4, 0.5) is 10.5 Å². The van der Waals surface area contributed by atoms with Gasteiger partial charge >= 0.3 is 11.7 Å². The number of phenolic OH excluding ortho intramolecular Hbond substituents is 1. The van der Waals surface area contributed by atoms with E-state index in [9.17, 15) is 29.7 Å². The summed E-state index contributed by atoms with van der Waals surface area (Å²) in [6.07, 6.45) is 2.87. The van der Waals surface area contributed by atoms with Crippen molar-refractivity contribution in [3.8, 4) is 17.2 Å². The van der Waals surface area contributed by atoms with Gasteiger partial charge in [-0.15, -0.1) is 0 Å². The van der Waals surface area contributed by atoms with Crippen LogP contribution in [0.3, 0.4) is 0 Å². The number of alkyl carbamates (subject to hydrolysis) is 1. The number of anilines is 1. The van der Waals surface area contributed by atoms with Gasteiger partial charge in [0.15, 0.2) is 23.6 Å². The van der Waals surface area contributed by atoms with E-state index in [1.165, 1.54) is 43.9 Å². The van der Waals surface area contributed by atoms with Gasteiger partial charge in [-0.05, 0) is 127 Å². The number of fused-ring (bicyclic) bond motifs is 3. The number of ether oxygens (including phenoxy) is 4. The van der Waals surface area contributed by atoms with Gasteiger partial charge in [0.05, 0.1) is 11.0 Å². The molecule has 56 heavy (non-hydrogen) atoms. The Balaban J connectivity index is 1.21. The van der Waals surface area contributed by atoms with E-state index < -0.39 is 59.3 Å². The Morgan fingerprint density at radius 1 is 1.07 bits per heavy atom. The molecule has 3 aromatic rings. The van der Waals surface area contributed by atoms with Gasteiger partial charge in [-0.25, -0.2) is 9.59 Å². The van der Waals surface area contributed by atoms with E-state index in [-0.39, 0.29) is 33.6 Å². The van der Waals surface area contributed by atoms with Gasteiger partial charge in [-0.3, -0.25) is 4.79 Å². The normalized spacial score (nSPS) is 28.3. The number of phenols is 1. The second-order valence-electron chi connectivity index (χ2n) is 16.9. The number of carbonyl (C=O) groups excluding carboxylic acids is 2. The number of methoxy groups -OCH3 is 1. The summed E-state index contributed by atoms with van der Waals surface area (Å²) in [7, 11) is 1.46. The molecule has 13 heteroatoms. The molecule has 2 aromatic carbocycles. The standard InChI is InChI=1S/C43H56N2O11/c1-9-25-17-26-16-23(4)19-43(20-25,21-26)45-41(51)55-36-34(48)40(56-42(6,7)37(36)52-8)53-31-15-13-29-33(47)32(39(50)54-35(29)24(31)5)44-38(49)28-12-14-30(46)27(18-28)11-10-22(2)3/h10,12-15,18,23,25-26,34,36-37,40,46-48H,9,11,16-17,19-21H2,1-8H3,(H,44,49)(H,45,51)/t23-,25+,26-,34+,36-,37+,40+,43?/m0/s1. The third-order valence-corrected chi connectivity index (χ3v) is 11.8. The Morgan fingerprint density at radius 2 is 1.82 bits per heavy atom. The van der Waals surface area contributed by atoms with Crippen LogP contribution in [0.15, 0.2) is 51.2 Å². The lowest BCUT2D eigenvalue weighted by Crippen LogP contribution is -2.66. The van der Waals surface area contributed by atoms with Crippen LogP contribution in [0.2, 0.25) is 0 Å². The molecule has 13 nitrogen and oxygen atoms in total. The number of rotatable bonds is 10. The summed E-state index contributed by atoms with van der Waals surface area (Å²) in [4.78, 5) is 40.1. The fourth-order valence-corrected chi connectivity index (χ4v) is 9.25. The Labute approximate surface area is 327 Å². The Kier molecular flexibility index (Phi) is 11.8. The van der Waals surface area contributed by atoms with Gasteiger partial charge in [0, 0.05) is 23.8 Å². The lowest BCUT2D eigenvalue weighted by molar-refractivity contribution is -0.305. The lowest BCUT2D eigenvalue weighted by Gasteiger charge is -2.51. The van der Waals surface area contributed by atoms with Gasteiger partial charge in [-0.1, -0.05) is 31.9 Å². The van der Waals surface area contributed by atoms with Crippen molar-refractivity contribution in [3.63, 3.8) is 0 Å². The van der Waals surface area contributed by atoms with Crippen molar-refractivity contribution >= 4 is 28.7 Å². The third-order valence-electron chi connectivity index (χ3n) is 11.8. The van der Waals surface area contributed by atoms with Crippen molar-refractivity contribution in [2.24, 2.45) is 17.8 Å². The Bertz CT molecular complexity index is 2050. The fourth-order valence-electron chi connectivity index (χ4n) is 9.25. The Morgan fingerprint density at radius 3 is 2.52 bits per heavy atom. The highest BCUT2D eigenvalue weighted by molar-refractivity contribution is 6.06. The van der Waals surface area contributed by atoms with Gasteiger partial charge in [0.2, 0.25) is 6.29 Å². The fraction of sp³-hybridized carbons (Fsp3) is 0.558. The van der Waals surface area contributed by atoms with Crippen molar-refractivity contribution in [2.75, 3.05) is 12.4 Å². The topological polar surface area (TPSA) is 186 Å². The first-order chi connectivity index (χ1) is 26.4. The first-order valence-corrected chi connectivity index (χ1v) is 19.5. The summed E-state index contributed by atoms with van der Waals surface area (Å²) in [5.74, 6) is 0.542. The summed E-state index contributed by atoms with van der Waals surface area (Å²) in [6.45, 7) is 13.4. The molecule has 3 fully saturated rings. The highest BCUT2D eigenvalue weighted by atomic mass is 16.7. The second kappa shape index (κ2) is 16.1. The number of aliphatic hydroxyl groups is 1. The van der Waals surface area contributed by atoms with Crippen LogP contribution < -0.4 is 21.0 Å². The number of amides is 2. The van der Waals surface area contributed by atoms with Gasteiger partial charge in [0.25, 0.3) is 5.91 Å². The van der Waals surface area contributed by atoms with Gasteiger partial charge in [0.1, 0.15) is 23.2 Å². The molecule has 6 rings (SSSR count). The molecule has 1 aliphatic heterocycles. The summed E-state index contributed by atoms with van der Waals surface area (Å²) < 4.78 is 29.8. The summed E-state index contributed by atoms with van der Waals surface area (Å²) >= 11 is 0. The molecule has 2 saturated carbocycles. The summed E-state index contributed by atoms with van der Waals surface area (Å²) in [5.41, 5.74) is -0.905. The average molecular weight is 777 g/mol. The molecule has 3 aliphatic rings. The molecule has 5 N–H and O–H groups in total. The maximum atomic E-state index is 13.7.